The van der Waals surface area contributed by atoms with E-state index in [4.69, 9.17) is 14.0 Å². The normalized spacial score (nSPS) is 12.9. The van der Waals surface area contributed by atoms with Crippen LogP contribution in [0.1, 0.15) is 11.3 Å². The van der Waals surface area contributed by atoms with Gasteiger partial charge in [0, 0.05) is 11.6 Å². The SMILES string of the molecule is O=C(OCc1cc(-c2cccs2)on1)C1=Cc2ccccc2OC1. The van der Waals surface area contributed by atoms with Gasteiger partial charge in [-0.3, -0.25) is 0 Å². The topological polar surface area (TPSA) is 61.6 Å². The van der Waals surface area contributed by atoms with Crippen molar-refractivity contribution >= 4 is 23.4 Å². The molecule has 5 nitrogen and oxygen atoms in total. The van der Waals surface area contributed by atoms with E-state index < -0.39 is 5.97 Å². The van der Waals surface area contributed by atoms with Crippen molar-refractivity contribution in [3.05, 3.63) is 64.7 Å². The van der Waals surface area contributed by atoms with Crippen LogP contribution in [0.15, 0.2) is 57.9 Å². The fourth-order valence-corrected chi connectivity index (χ4v) is 3.05. The summed E-state index contributed by atoms with van der Waals surface area (Å²) in [7, 11) is 0. The number of hydrogen-bond acceptors (Lipinski definition) is 6. The molecule has 0 atom stereocenters. The molecule has 120 valence electrons. The molecule has 24 heavy (non-hydrogen) atoms. The number of para-hydroxylation sites is 1. The number of carbonyl (C=O) groups excluding carboxylic acids is 1. The minimum atomic E-state index is -0.412. The van der Waals surface area contributed by atoms with E-state index in [2.05, 4.69) is 5.16 Å². The van der Waals surface area contributed by atoms with Crippen LogP contribution in [-0.4, -0.2) is 17.7 Å². The van der Waals surface area contributed by atoms with E-state index >= 15 is 0 Å². The number of aromatic nitrogens is 1. The Labute approximate surface area is 142 Å². The number of nitrogens with zero attached hydrogens (tertiary/aromatic N) is 1. The van der Waals surface area contributed by atoms with Gasteiger partial charge in [-0.05, 0) is 23.6 Å². The Hall–Kier alpha value is -2.86. The van der Waals surface area contributed by atoms with Crippen LogP contribution in [-0.2, 0) is 16.1 Å². The second kappa shape index (κ2) is 6.33. The Bertz CT molecular complexity index is 895. The molecule has 0 unspecified atom stereocenters. The molecule has 6 heteroatoms. The molecule has 0 amide bonds. The van der Waals surface area contributed by atoms with Crippen molar-refractivity contribution in [2.45, 2.75) is 6.61 Å². The van der Waals surface area contributed by atoms with Crippen LogP contribution in [0.25, 0.3) is 16.7 Å². The highest BCUT2D eigenvalue weighted by Crippen LogP contribution is 2.27. The van der Waals surface area contributed by atoms with E-state index in [1.807, 2.05) is 41.8 Å². The third kappa shape index (κ3) is 2.96. The van der Waals surface area contributed by atoms with Gasteiger partial charge in [-0.15, -0.1) is 11.3 Å². The second-order valence-electron chi connectivity index (χ2n) is 5.23. The standard InChI is InChI=1S/C18H13NO4S/c20-18(13-8-12-4-1-2-5-15(12)21-10-13)22-11-14-9-16(23-19-14)17-6-3-7-24-17/h1-9H,10-11H2. The summed E-state index contributed by atoms with van der Waals surface area (Å²) in [6.07, 6.45) is 1.79. The van der Waals surface area contributed by atoms with Crippen molar-refractivity contribution in [1.82, 2.24) is 5.16 Å². The smallest absolute Gasteiger partial charge is 0.337 e. The van der Waals surface area contributed by atoms with Crippen LogP contribution >= 0.6 is 11.3 Å². The Morgan fingerprint density at radius 3 is 3.04 bits per heavy atom. The first kappa shape index (κ1) is 14.7. The molecule has 0 saturated carbocycles. The first-order chi connectivity index (χ1) is 11.8. The van der Waals surface area contributed by atoms with Gasteiger partial charge in [0.15, 0.2) is 5.76 Å². The van der Waals surface area contributed by atoms with Crippen LogP contribution in [0.2, 0.25) is 0 Å². The number of thiophene rings is 1. The van der Waals surface area contributed by atoms with Gasteiger partial charge < -0.3 is 14.0 Å². The highest BCUT2D eigenvalue weighted by molar-refractivity contribution is 7.13. The van der Waals surface area contributed by atoms with Crippen LogP contribution in [0, 0.1) is 0 Å². The van der Waals surface area contributed by atoms with Crippen LogP contribution in [0.3, 0.4) is 0 Å². The maximum absolute atomic E-state index is 12.2. The maximum Gasteiger partial charge on any atom is 0.337 e. The number of esters is 1. The molecule has 0 aliphatic carbocycles. The van der Waals surface area contributed by atoms with E-state index in [9.17, 15) is 4.79 Å². The summed E-state index contributed by atoms with van der Waals surface area (Å²) in [4.78, 5) is 13.2. The number of rotatable bonds is 4. The Morgan fingerprint density at radius 2 is 2.17 bits per heavy atom. The van der Waals surface area contributed by atoms with Crippen LogP contribution in [0.5, 0.6) is 5.75 Å². The molecule has 4 rings (SSSR count). The molecule has 0 bridgehead atoms. The van der Waals surface area contributed by atoms with Crippen molar-refractivity contribution in [2.24, 2.45) is 0 Å². The molecule has 1 aromatic carbocycles. The van der Waals surface area contributed by atoms with Crippen molar-refractivity contribution in [2.75, 3.05) is 6.61 Å². The molecule has 1 aliphatic rings. The summed E-state index contributed by atoms with van der Waals surface area (Å²) in [6, 6.07) is 13.2. The van der Waals surface area contributed by atoms with Gasteiger partial charge in [-0.2, -0.15) is 0 Å². The van der Waals surface area contributed by atoms with Crippen molar-refractivity contribution in [1.29, 1.82) is 0 Å². The quantitative estimate of drug-likeness (QED) is 0.674. The predicted molar refractivity (Wildman–Crippen MR) is 89.5 cm³/mol. The van der Waals surface area contributed by atoms with E-state index in [1.165, 1.54) is 0 Å². The Morgan fingerprint density at radius 1 is 1.25 bits per heavy atom. The lowest BCUT2D eigenvalue weighted by atomic mass is 10.1. The molecule has 3 aromatic rings. The van der Waals surface area contributed by atoms with E-state index in [0.29, 0.717) is 17.0 Å². The van der Waals surface area contributed by atoms with Crippen LogP contribution in [0.4, 0.5) is 0 Å². The number of fused-ring (bicyclic) bond motifs is 1. The van der Waals surface area contributed by atoms with Gasteiger partial charge in [0.2, 0.25) is 0 Å². The van der Waals surface area contributed by atoms with Gasteiger partial charge in [0.1, 0.15) is 24.7 Å². The summed E-state index contributed by atoms with van der Waals surface area (Å²) in [6.45, 7) is 0.266. The molecule has 3 heterocycles. The van der Waals surface area contributed by atoms with Crippen molar-refractivity contribution in [3.8, 4) is 16.4 Å². The lowest BCUT2D eigenvalue weighted by Gasteiger charge is -2.16. The summed E-state index contributed by atoms with van der Waals surface area (Å²) in [5, 5.41) is 5.89. The molecular formula is C18H13NO4S. The Kier molecular flexibility index (Phi) is 3.88. The molecule has 0 spiro atoms. The number of ether oxygens (including phenoxy) is 2. The zero-order valence-corrected chi connectivity index (χ0v) is 13.4. The monoisotopic (exact) mass is 339 g/mol. The molecule has 2 aromatic heterocycles. The van der Waals surface area contributed by atoms with Crippen molar-refractivity contribution in [3.63, 3.8) is 0 Å². The number of benzene rings is 1. The molecule has 0 fully saturated rings. The first-order valence-electron chi connectivity index (χ1n) is 7.38. The van der Waals surface area contributed by atoms with Gasteiger partial charge in [0.05, 0.1) is 10.5 Å². The zero-order chi connectivity index (χ0) is 16.4. The highest BCUT2D eigenvalue weighted by atomic mass is 32.1. The summed E-state index contributed by atoms with van der Waals surface area (Å²) >= 11 is 1.56. The van der Waals surface area contributed by atoms with Gasteiger partial charge in [-0.25, -0.2) is 4.79 Å². The van der Waals surface area contributed by atoms with Crippen molar-refractivity contribution < 1.29 is 18.8 Å². The van der Waals surface area contributed by atoms with Crippen LogP contribution < -0.4 is 4.74 Å². The highest BCUT2D eigenvalue weighted by Gasteiger charge is 2.19. The summed E-state index contributed by atoms with van der Waals surface area (Å²) < 4.78 is 16.1. The summed E-state index contributed by atoms with van der Waals surface area (Å²) in [5.41, 5.74) is 1.93. The second-order valence-corrected chi connectivity index (χ2v) is 6.18. The third-order valence-corrected chi connectivity index (χ3v) is 4.45. The van der Waals surface area contributed by atoms with E-state index in [0.717, 1.165) is 16.2 Å². The number of hydrogen-bond donors (Lipinski definition) is 0. The third-order valence-electron chi connectivity index (χ3n) is 3.57. The lowest BCUT2D eigenvalue weighted by molar-refractivity contribution is -0.140. The maximum atomic E-state index is 12.2. The predicted octanol–water partition coefficient (Wildman–Crippen LogP) is 3.92. The zero-order valence-electron chi connectivity index (χ0n) is 12.6. The largest absolute Gasteiger partial charge is 0.488 e. The molecule has 0 N–H and O–H groups in total. The lowest BCUT2D eigenvalue weighted by Crippen LogP contribution is -2.17. The minimum absolute atomic E-state index is 0.0622. The average molecular weight is 339 g/mol. The number of carbonyl (C=O) groups is 1. The Balaban J connectivity index is 1.42. The fourth-order valence-electron chi connectivity index (χ4n) is 2.38. The first-order valence-corrected chi connectivity index (χ1v) is 8.26. The molecule has 1 aliphatic heterocycles. The van der Waals surface area contributed by atoms with Gasteiger partial charge in [0.25, 0.3) is 0 Å². The minimum Gasteiger partial charge on any atom is -0.488 e. The molecule has 0 radical (unpaired) electrons. The van der Waals surface area contributed by atoms with E-state index in [1.54, 1.807) is 23.5 Å². The fraction of sp³-hybridized carbons (Fsp3) is 0.111. The molecular weight excluding hydrogens is 326 g/mol. The average Bonchev–Trinajstić information content (AvgIpc) is 3.30. The summed E-state index contributed by atoms with van der Waals surface area (Å²) in [5.74, 6) is 1.03. The van der Waals surface area contributed by atoms with Gasteiger partial charge >= 0.3 is 5.97 Å². The molecule has 0 saturated heterocycles. The van der Waals surface area contributed by atoms with E-state index in [-0.39, 0.29) is 13.2 Å². The van der Waals surface area contributed by atoms with Gasteiger partial charge in [-0.1, -0.05) is 29.4 Å².